The average Bonchev–Trinajstić information content (AvgIpc) is 3.38. The van der Waals surface area contributed by atoms with E-state index in [4.69, 9.17) is 9.47 Å². The molecule has 1 aliphatic rings. The highest BCUT2D eigenvalue weighted by atomic mass is 16.5. The number of aryl methyl sites for hydroxylation is 1. The molecule has 1 amide bonds. The Balaban J connectivity index is 1.58. The summed E-state index contributed by atoms with van der Waals surface area (Å²) in [5, 5.41) is 2.77. The van der Waals surface area contributed by atoms with Crippen LogP contribution in [-0.2, 0) is 11.8 Å². The fraction of sp³-hybridized carbons (Fsp3) is 0.417. The topological polar surface area (TPSA) is 102 Å². The molecule has 9 heteroatoms. The lowest BCUT2D eigenvalue weighted by molar-refractivity contribution is -0.116. The Labute approximate surface area is 193 Å². The summed E-state index contributed by atoms with van der Waals surface area (Å²) >= 11 is 0. The van der Waals surface area contributed by atoms with Crippen molar-refractivity contribution < 1.29 is 23.9 Å². The number of nitrogens with one attached hydrogen (secondary N) is 1. The number of hydrogen-bond donors (Lipinski definition) is 1. The first-order valence-electron chi connectivity index (χ1n) is 10.9. The fourth-order valence-electron chi connectivity index (χ4n) is 3.74. The lowest BCUT2D eigenvalue weighted by atomic mass is 10.1. The molecule has 1 N–H and O–H groups in total. The summed E-state index contributed by atoms with van der Waals surface area (Å²) < 4.78 is 12.9. The van der Waals surface area contributed by atoms with E-state index in [1.165, 1.54) is 7.11 Å². The minimum atomic E-state index is -0.170. The normalized spacial score (nSPS) is 16.2. The molecular weight excluding hydrogens is 424 g/mol. The zero-order valence-electron chi connectivity index (χ0n) is 19.2. The zero-order chi connectivity index (χ0) is 23.8. The van der Waals surface area contributed by atoms with Gasteiger partial charge in [0.05, 0.1) is 30.8 Å². The number of carbonyl (C=O) groups excluding carboxylic acids is 3. The van der Waals surface area contributed by atoms with Crippen molar-refractivity contribution in [2.24, 2.45) is 12.0 Å². The molecule has 0 saturated carbocycles. The summed E-state index contributed by atoms with van der Waals surface area (Å²) in [6.07, 6.45) is 7.93. The summed E-state index contributed by atoms with van der Waals surface area (Å²) in [5.41, 5.74) is 2.01. The van der Waals surface area contributed by atoms with Gasteiger partial charge in [-0.15, -0.1) is 0 Å². The third-order valence-electron chi connectivity index (χ3n) is 5.66. The number of rotatable bonds is 11. The molecule has 176 valence electrons. The number of ether oxygens (including phenoxy) is 2. The number of carbonyl (C=O) groups is 3. The Morgan fingerprint density at radius 3 is 2.67 bits per heavy atom. The fourth-order valence-corrected chi connectivity index (χ4v) is 3.74. The van der Waals surface area contributed by atoms with E-state index in [9.17, 15) is 14.4 Å². The van der Waals surface area contributed by atoms with Gasteiger partial charge in [-0.2, -0.15) is 0 Å². The maximum atomic E-state index is 12.2. The van der Waals surface area contributed by atoms with Crippen molar-refractivity contribution in [3.05, 3.63) is 35.7 Å². The van der Waals surface area contributed by atoms with Gasteiger partial charge in [-0.25, -0.2) is 0 Å². The monoisotopic (exact) mass is 454 g/mol. The summed E-state index contributed by atoms with van der Waals surface area (Å²) in [6.45, 7) is 1.32. The Hall–Kier alpha value is -3.46. The number of nitrogens with zero attached hydrogens (tertiary/aromatic N) is 3. The molecule has 33 heavy (non-hydrogen) atoms. The molecule has 1 fully saturated rings. The maximum Gasteiger partial charge on any atom is 0.224 e. The first-order chi connectivity index (χ1) is 15.9. The van der Waals surface area contributed by atoms with E-state index in [2.05, 4.69) is 22.3 Å². The Kier molecular flexibility index (Phi) is 8.37. The maximum absolute atomic E-state index is 12.2. The second kappa shape index (κ2) is 11.4. The standard InChI is InChI=1S/C24H30N4O5/c1-27-8-4-6-19(27)13-25-21-12-23(22(32-3)10-17(21)15-29)33-9-5-7-24(31)26-18-11-20(16-30)28(2)14-18/h10-16,19H,4-9H2,1-3H3,(H,26,31). The molecule has 1 unspecified atom stereocenters. The van der Waals surface area contributed by atoms with Crippen LogP contribution in [-0.4, -0.2) is 67.5 Å². The zero-order valence-corrected chi connectivity index (χ0v) is 19.2. The Morgan fingerprint density at radius 1 is 1.21 bits per heavy atom. The lowest BCUT2D eigenvalue weighted by Gasteiger charge is -2.15. The van der Waals surface area contributed by atoms with Crippen molar-refractivity contribution >= 4 is 36.1 Å². The van der Waals surface area contributed by atoms with E-state index >= 15 is 0 Å². The average molecular weight is 455 g/mol. The first kappa shape index (κ1) is 24.2. The smallest absolute Gasteiger partial charge is 0.224 e. The first-order valence-corrected chi connectivity index (χ1v) is 10.9. The highest BCUT2D eigenvalue weighted by molar-refractivity contribution is 5.91. The number of aromatic nitrogens is 1. The van der Waals surface area contributed by atoms with Crippen LogP contribution in [0.2, 0.25) is 0 Å². The van der Waals surface area contributed by atoms with Crippen molar-refractivity contribution in [2.45, 2.75) is 31.7 Å². The van der Waals surface area contributed by atoms with Crippen LogP contribution in [0, 0.1) is 0 Å². The molecule has 3 rings (SSSR count). The van der Waals surface area contributed by atoms with E-state index in [1.807, 2.05) is 6.21 Å². The molecule has 0 bridgehead atoms. The summed E-state index contributed by atoms with van der Waals surface area (Å²) in [4.78, 5) is 41.4. The third kappa shape index (κ3) is 6.29. The third-order valence-corrected chi connectivity index (χ3v) is 5.66. The van der Waals surface area contributed by atoms with Gasteiger partial charge >= 0.3 is 0 Å². The van der Waals surface area contributed by atoms with E-state index in [0.29, 0.717) is 40.6 Å². The van der Waals surface area contributed by atoms with E-state index in [1.54, 1.807) is 36.0 Å². The number of methoxy groups -OCH3 is 1. The van der Waals surface area contributed by atoms with Crippen LogP contribution in [0.15, 0.2) is 29.4 Å². The van der Waals surface area contributed by atoms with Crippen LogP contribution in [0.5, 0.6) is 11.5 Å². The van der Waals surface area contributed by atoms with E-state index in [0.717, 1.165) is 32.0 Å². The van der Waals surface area contributed by atoms with Crippen LogP contribution < -0.4 is 14.8 Å². The summed E-state index contributed by atoms with van der Waals surface area (Å²) in [7, 11) is 5.30. The predicted molar refractivity (Wildman–Crippen MR) is 126 cm³/mol. The lowest BCUT2D eigenvalue weighted by Crippen LogP contribution is -2.25. The molecule has 2 heterocycles. The van der Waals surface area contributed by atoms with Crippen molar-refractivity contribution in [2.75, 3.05) is 32.6 Å². The molecule has 0 radical (unpaired) electrons. The quantitative estimate of drug-likeness (QED) is 0.318. The molecule has 0 spiro atoms. The van der Waals surface area contributed by atoms with Crippen LogP contribution in [0.3, 0.4) is 0 Å². The largest absolute Gasteiger partial charge is 0.493 e. The Bertz CT molecular complexity index is 1030. The van der Waals surface area contributed by atoms with Gasteiger partial charge in [0.1, 0.15) is 0 Å². The van der Waals surface area contributed by atoms with Crippen LogP contribution >= 0.6 is 0 Å². The number of aldehydes is 2. The van der Waals surface area contributed by atoms with Gasteiger partial charge in [-0.3, -0.25) is 24.3 Å². The number of amides is 1. The molecule has 2 aromatic rings. The second-order valence-electron chi connectivity index (χ2n) is 8.03. The number of anilines is 1. The number of aliphatic imine (C=N–C) groups is 1. The minimum absolute atomic E-state index is 0.170. The molecule has 1 aromatic carbocycles. The van der Waals surface area contributed by atoms with Crippen molar-refractivity contribution in [1.29, 1.82) is 0 Å². The van der Waals surface area contributed by atoms with Crippen LogP contribution in [0.4, 0.5) is 11.4 Å². The number of benzene rings is 1. The van der Waals surface area contributed by atoms with Gasteiger partial charge in [0.2, 0.25) is 5.91 Å². The van der Waals surface area contributed by atoms with Gasteiger partial charge in [0.15, 0.2) is 24.1 Å². The van der Waals surface area contributed by atoms with E-state index in [-0.39, 0.29) is 25.0 Å². The number of likely N-dealkylation sites (tertiary alicyclic amines) is 1. The van der Waals surface area contributed by atoms with E-state index < -0.39 is 0 Å². The van der Waals surface area contributed by atoms with Crippen molar-refractivity contribution in [1.82, 2.24) is 9.47 Å². The molecule has 1 saturated heterocycles. The molecule has 1 aliphatic heterocycles. The molecular formula is C24H30N4O5. The molecule has 1 aromatic heterocycles. The number of hydrogen-bond acceptors (Lipinski definition) is 7. The highest BCUT2D eigenvalue weighted by Gasteiger charge is 2.19. The van der Waals surface area contributed by atoms with Gasteiger partial charge in [-0.05, 0) is 45.0 Å². The predicted octanol–water partition coefficient (Wildman–Crippen LogP) is 3.25. The van der Waals surface area contributed by atoms with Crippen molar-refractivity contribution in [3.8, 4) is 11.5 Å². The minimum Gasteiger partial charge on any atom is -0.493 e. The van der Waals surface area contributed by atoms with Gasteiger partial charge in [0.25, 0.3) is 0 Å². The molecule has 0 aliphatic carbocycles. The van der Waals surface area contributed by atoms with Crippen molar-refractivity contribution in [3.63, 3.8) is 0 Å². The molecule has 9 nitrogen and oxygen atoms in total. The molecule has 1 atom stereocenters. The van der Waals surface area contributed by atoms with Gasteiger partial charge in [0, 0.05) is 43.6 Å². The Morgan fingerprint density at radius 2 is 2.03 bits per heavy atom. The second-order valence-corrected chi connectivity index (χ2v) is 8.03. The van der Waals surface area contributed by atoms with Gasteiger partial charge < -0.3 is 19.4 Å². The van der Waals surface area contributed by atoms with Crippen LogP contribution in [0.25, 0.3) is 0 Å². The highest BCUT2D eigenvalue weighted by Crippen LogP contribution is 2.34. The van der Waals surface area contributed by atoms with Gasteiger partial charge in [-0.1, -0.05) is 0 Å². The van der Waals surface area contributed by atoms with Crippen LogP contribution in [0.1, 0.15) is 46.5 Å². The summed E-state index contributed by atoms with van der Waals surface area (Å²) in [5.74, 6) is 0.731. The SMILES string of the molecule is COc1cc(C=O)c(N=CC2CCCN2C)cc1OCCCC(=O)Nc1cc(C=O)n(C)c1. The summed E-state index contributed by atoms with van der Waals surface area (Å²) in [6, 6.07) is 5.17.